The molecule has 1 aliphatic heterocycles. The molecule has 114 valence electrons. The monoisotopic (exact) mass is 283 g/mol. The highest BCUT2D eigenvalue weighted by Gasteiger charge is 2.27. The summed E-state index contributed by atoms with van der Waals surface area (Å²) in [5.74, 6) is -0.392. The van der Waals surface area contributed by atoms with Gasteiger partial charge in [-0.3, -0.25) is 4.79 Å². The molecule has 6 nitrogen and oxygen atoms in total. The Kier molecular flexibility index (Phi) is 5.23. The summed E-state index contributed by atoms with van der Waals surface area (Å²) in [5, 5.41) is 14.8. The first-order valence-corrected chi connectivity index (χ1v) is 7.50. The van der Waals surface area contributed by atoms with Crippen LogP contribution in [0.1, 0.15) is 32.1 Å². The molecule has 1 saturated heterocycles. The van der Waals surface area contributed by atoms with Crippen LogP contribution in [0.5, 0.6) is 0 Å². The second-order valence-corrected chi connectivity index (χ2v) is 6.16. The van der Waals surface area contributed by atoms with E-state index in [9.17, 15) is 9.59 Å². The predicted molar refractivity (Wildman–Crippen MR) is 75.5 cm³/mol. The molecule has 0 radical (unpaired) electrons. The molecule has 6 heteroatoms. The van der Waals surface area contributed by atoms with Crippen molar-refractivity contribution in [1.82, 2.24) is 15.5 Å². The van der Waals surface area contributed by atoms with E-state index in [0.29, 0.717) is 18.8 Å². The van der Waals surface area contributed by atoms with Crippen molar-refractivity contribution in [3.05, 3.63) is 0 Å². The number of rotatable bonds is 4. The van der Waals surface area contributed by atoms with Gasteiger partial charge in [-0.1, -0.05) is 0 Å². The number of carboxylic acids is 1. The number of carbonyl (C=O) groups is 2. The number of amides is 2. The minimum atomic E-state index is -0.710. The number of carboxylic acid groups (broad SMARTS) is 1. The van der Waals surface area contributed by atoms with Crippen LogP contribution in [0.3, 0.4) is 0 Å². The number of carbonyl (C=O) groups excluding carboxylic acids is 1. The Labute approximate surface area is 119 Å². The van der Waals surface area contributed by atoms with E-state index in [0.717, 1.165) is 38.9 Å². The minimum absolute atomic E-state index is 0.113. The van der Waals surface area contributed by atoms with Crippen LogP contribution < -0.4 is 10.6 Å². The molecule has 1 aliphatic carbocycles. The Balaban J connectivity index is 1.62. The lowest BCUT2D eigenvalue weighted by molar-refractivity contribution is -0.142. The normalized spacial score (nSPS) is 30.9. The van der Waals surface area contributed by atoms with Crippen molar-refractivity contribution in [3.63, 3.8) is 0 Å². The molecule has 0 aromatic heterocycles. The largest absolute Gasteiger partial charge is 0.481 e. The highest BCUT2D eigenvalue weighted by atomic mass is 16.4. The summed E-state index contributed by atoms with van der Waals surface area (Å²) in [4.78, 5) is 24.9. The summed E-state index contributed by atoms with van der Waals surface area (Å²) >= 11 is 0. The second kappa shape index (κ2) is 6.92. The van der Waals surface area contributed by atoms with Crippen LogP contribution in [-0.4, -0.2) is 54.7 Å². The zero-order chi connectivity index (χ0) is 14.5. The van der Waals surface area contributed by atoms with E-state index in [1.165, 1.54) is 0 Å². The summed E-state index contributed by atoms with van der Waals surface area (Å²) in [6.45, 7) is 2.87. The summed E-state index contributed by atoms with van der Waals surface area (Å²) in [6.07, 6.45) is 3.98. The highest BCUT2D eigenvalue weighted by Crippen LogP contribution is 2.24. The van der Waals surface area contributed by atoms with Crippen molar-refractivity contribution in [2.45, 2.75) is 38.1 Å². The smallest absolute Gasteiger partial charge is 0.315 e. The molecular weight excluding hydrogens is 258 g/mol. The minimum Gasteiger partial charge on any atom is -0.481 e. The van der Waals surface area contributed by atoms with Gasteiger partial charge in [0.05, 0.1) is 5.92 Å². The van der Waals surface area contributed by atoms with Crippen LogP contribution in [0.15, 0.2) is 0 Å². The van der Waals surface area contributed by atoms with Gasteiger partial charge in [-0.2, -0.15) is 0 Å². The SMILES string of the molecule is CN1CCC(CNC(=O)NC2CCC(C(=O)O)CC2)C1. The van der Waals surface area contributed by atoms with Gasteiger partial charge in [-0.15, -0.1) is 0 Å². The van der Waals surface area contributed by atoms with Crippen molar-refractivity contribution < 1.29 is 14.7 Å². The number of nitrogens with zero attached hydrogens (tertiary/aromatic N) is 1. The molecule has 0 bridgehead atoms. The molecule has 1 atom stereocenters. The molecule has 1 saturated carbocycles. The van der Waals surface area contributed by atoms with Gasteiger partial charge in [-0.05, 0) is 51.6 Å². The Hall–Kier alpha value is -1.30. The number of urea groups is 1. The van der Waals surface area contributed by atoms with Crippen molar-refractivity contribution in [2.75, 3.05) is 26.7 Å². The number of aliphatic carboxylic acids is 1. The Morgan fingerprint density at radius 2 is 1.90 bits per heavy atom. The van der Waals surface area contributed by atoms with E-state index >= 15 is 0 Å². The molecule has 1 heterocycles. The zero-order valence-electron chi connectivity index (χ0n) is 12.1. The highest BCUT2D eigenvalue weighted by molar-refractivity contribution is 5.74. The topological polar surface area (TPSA) is 81.7 Å². The van der Waals surface area contributed by atoms with E-state index in [1.807, 2.05) is 0 Å². The number of hydrogen-bond donors (Lipinski definition) is 3. The summed E-state index contributed by atoms with van der Waals surface area (Å²) in [7, 11) is 2.10. The first-order chi connectivity index (χ1) is 9.54. The van der Waals surface area contributed by atoms with Crippen LogP contribution in [0.2, 0.25) is 0 Å². The number of nitrogens with one attached hydrogen (secondary N) is 2. The number of hydrogen-bond acceptors (Lipinski definition) is 3. The maximum absolute atomic E-state index is 11.8. The van der Waals surface area contributed by atoms with Crippen molar-refractivity contribution in [3.8, 4) is 0 Å². The summed E-state index contributed by atoms with van der Waals surface area (Å²) < 4.78 is 0. The third-order valence-electron chi connectivity index (χ3n) is 4.45. The average molecular weight is 283 g/mol. The third-order valence-corrected chi connectivity index (χ3v) is 4.45. The van der Waals surface area contributed by atoms with E-state index in [-0.39, 0.29) is 18.0 Å². The lowest BCUT2D eigenvalue weighted by atomic mass is 9.86. The van der Waals surface area contributed by atoms with Gasteiger partial charge in [0, 0.05) is 19.1 Å². The molecule has 0 spiro atoms. The van der Waals surface area contributed by atoms with E-state index in [1.54, 1.807) is 0 Å². The zero-order valence-corrected chi connectivity index (χ0v) is 12.1. The Morgan fingerprint density at radius 1 is 1.20 bits per heavy atom. The number of likely N-dealkylation sites (tertiary alicyclic amines) is 1. The van der Waals surface area contributed by atoms with Gasteiger partial charge in [0.25, 0.3) is 0 Å². The van der Waals surface area contributed by atoms with Crippen LogP contribution in [0.25, 0.3) is 0 Å². The molecule has 20 heavy (non-hydrogen) atoms. The van der Waals surface area contributed by atoms with Crippen molar-refractivity contribution >= 4 is 12.0 Å². The Bertz CT molecular complexity index is 354. The van der Waals surface area contributed by atoms with Gasteiger partial charge in [0.2, 0.25) is 0 Å². The lowest BCUT2D eigenvalue weighted by Crippen LogP contribution is -2.45. The van der Waals surface area contributed by atoms with Gasteiger partial charge in [-0.25, -0.2) is 4.79 Å². The van der Waals surface area contributed by atoms with Gasteiger partial charge in [0.15, 0.2) is 0 Å². The van der Waals surface area contributed by atoms with Crippen LogP contribution in [0, 0.1) is 11.8 Å². The first-order valence-electron chi connectivity index (χ1n) is 7.50. The van der Waals surface area contributed by atoms with E-state index in [2.05, 4.69) is 22.6 Å². The molecule has 3 N–H and O–H groups in total. The molecule has 2 rings (SSSR count). The third kappa shape index (κ3) is 4.37. The second-order valence-electron chi connectivity index (χ2n) is 6.16. The van der Waals surface area contributed by atoms with Crippen molar-refractivity contribution in [2.24, 2.45) is 11.8 Å². The van der Waals surface area contributed by atoms with Crippen molar-refractivity contribution in [1.29, 1.82) is 0 Å². The lowest BCUT2D eigenvalue weighted by Gasteiger charge is -2.27. The van der Waals surface area contributed by atoms with Crippen LogP contribution in [0.4, 0.5) is 4.79 Å². The van der Waals surface area contributed by atoms with Crippen LogP contribution in [-0.2, 0) is 4.79 Å². The first kappa shape index (κ1) is 15.1. The fourth-order valence-corrected chi connectivity index (χ4v) is 3.15. The maximum atomic E-state index is 11.8. The van der Waals surface area contributed by atoms with Gasteiger partial charge in [0.1, 0.15) is 0 Å². The maximum Gasteiger partial charge on any atom is 0.315 e. The Morgan fingerprint density at radius 3 is 2.45 bits per heavy atom. The molecule has 2 amide bonds. The molecule has 0 aromatic carbocycles. The fraction of sp³-hybridized carbons (Fsp3) is 0.857. The summed E-state index contributed by atoms with van der Waals surface area (Å²) in [6, 6.07) is 0.00943. The average Bonchev–Trinajstić information content (AvgIpc) is 2.83. The molecular formula is C14H25N3O3. The predicted octanol–water partition coefficient (Wildman–Crippen LogP) is 0.881. The van der Waals surface area contributed by atoms with E-state index < -0.39 is 5.97 Å². The standard InChI is InChI=1S/C14H25N3O3/c1-17-7-6-10(9-17)8-15-14(20)16-12-4-2-11(3-5-12)13(18)19/h10-12H,2-9H2,1H3,(H,18,19)(H2,15,16,20). The van der Waals surface area contributed by atoms with Gasteiger partial charge >= 0.3 is 12.0 Å². The fourth-order valence-electron chi connectivity index (χ4n) is 3.15. The molecule has 0 aromatic rings. The molecule has 2 aliphatic rings. The van der Waals surface area contributed by atoms with Gasteiger partial charge < -0.3 is 20.6 Å². The molecule has 1 unspecified atom stereocenters. The van der Waals surface area contributed by atoms with Crippen LogP contribution >= 0.6 is 0 Å². The van der Waals surface area contributed by atoms with E-state index in [4.69, 9.17) is 5.11 Å². The quantitative estimate of drug-likeness (QED) is 0.715. The molecule has 2 fully saturated rings. The summed E-state index contributed by atoms with van der Waals surface area (Å²) in [5.41, 5.74) is 0.